The molecule has 0 bridgehead atoms. The molecular weight excluding hydrogens is 294 g/mol. The number of hydrogen-bond donors (Lipinski definition) is 1. The first kappa shape index (κ1) is 15.2. The van der Waals surface area contributed by atoms with Crippen LogP contribution in [0, 0.1) is 0 Å². The molecule has 1 heterocycles. The van der Waals surface area contributed by atoms with E-state index in [4.69, 9.17) is 13.9 Å². The van der Waals surface area contributed by atoms with Crippen molar-refractivity contribution in [1.82, 2.24) is 0 Å². The smallest absolute Gasteiger partial charge is 0.162 e. The predicted molar refractivity (Wildman–Crippen MR) is 86.9 cm³/mol. The van der Waals surface area contributed by atoms with Crippen LogP contribution in [0.2, 0.25) is 0 Å². The Labute approximate surface area is 134 Å². The molecule has 0 saturated carbocycles. The van der Waals surface area contributed by atoms with Crippen LogP contribution in [-0.2, 0) is 4.79 Å². The molecule has 120 valence electrons. The van der Waals surface area contributed by atoms with Crippen molar-refractivity contribution in [2.75, 3.05) is 19.5 Å². The Kier molecular flexibility index (Phi) is 4.37. The zero-order valence-electron chi connectivity index (χ0n) is 13.2. The SMILES string of the molecule is COc1ccc(NC2=CC(=O)C[C@H](c3ccco3)C2)cc1OC. The lowest BCUT2D eigenvalue weighted by molar-refractivity contribution is -0.115. The van der Waals surface area contributed by atoms with E-state index in [9.17, 15) is 4.79 Å². The molecule has 0 saturated heterocycles. The standard InChI is InChI=1S/C18H19NO4/c1-21-17-6-5-13(11-18(17)22-2)19-14-8-12(9-15(20)10-14)16-4-3-7-23-16/h3-7,10-12,19H,8-9H2,1-2H3/t12-/m1/s1. The summed E-state index contributed by atoms with van der Waals surface area (Å²) in [7, 11) is 3.19. The quantitative estimate of drug-likeness (QED) is 0.911. The largest absolute Gasteiger partial charge is 0.493 e. The molecule has 1 N–H and O–H groups in total. The van der Waals surface area contributed by atoms with E-state index in [2.05, 4.69) is 5.32 Å². The van der Waals surface area contributed by atoms with Crippen LogP contribution in [-0.4, -0.2) is 20.0 Å². The molecule has 1 atom stereocenters. The first-order valence-electron chi connectivity index (χ1n) is 7.45. The predicted octanol–water partition coefficient (Wildman–Crippen LogP) is 3.74. The molecule has 0 radical (unpaired) electrons. The molecule has 23 heavy (non-hydrogen) atoms. The number of nitrogens with one attached hydrogen (secondary N) is 1. The summed E-state index contributed by atoms with van der Waals surface area (Å²) < 4.78 is 16.0. The number of hydrogen-bond acceptors (Lipinski definition) is 5. The van der Waals surface area contributed by atoms with Crippen LogP contribution in [0.4, 0.5) is 5.69 Å². The number of rotatable bonds is 5. The molecule has 0 fully saturated rings. The lowest BCUT2D eigenvalue weighted by Crippen LogP contribution is -2.16. The van der Waals surface area contributed by atoms with Crippen molar-refractivity contribution < 1.29 is 18.7 Å². The van der Waals surface area contributed by atoms with Gasteiger partial charge in [-0.05, 0) is 30.7 Å². The molecular formula is C18H19NO4. The third-order valence-electron chi connectivity index (χ3n) is 3.88. The van der Waals surface area contributed by atoms with E-state index in [-0.39, 0.29) is 11.7 Å². The van der Waals surface area contributed by atoms with Crippen LogP contribution in [0.1, 0.15) is 24.5 Å². The molecule has 5 nitrogen and oxygen atoms in total. The molecule has 1 aromatic heterocycles. The zero-order valence-corrected chi connectivity index (χ0v) is 13.2. The highest BCUT2D eigenvalue weighted by Gasteiger charge is 2.24. The van der Waals surface area contributed by atoms with Crippen molar-refractivity contribution in [3.05, 3.63) is 54.1 Å². The van der Waals surface area contributed by atoms with Crippen molar-refractivity contribution in [3.8, 4) is 11.5 Å². The Morgan fingerprint density at radius 2 is 1.96 bits per heavy atom. The second-order valence-electron chi connectivity index (χ2n) is 5.45. The van der Waals surface area contributed by atoms with Crippen molar-refractivity contribution in [3.63, 3.8) is 0 Å². The van der Waals surface area contributed by atoms with Gasteiger partial charge in [0.2, 0.25) is 0 Å². The molecule has 3 rings (SSSR count). The lowest BCUT2D eigenvalue weighted by atomic mass is 9.89. The second-order valence-corrected chi connectivity index (χ2v) is 5.45. The lowest BCUT2D eigenvalue weighted by Gasteiger charge is -2.22. The average Bonchev–Trinajstić information content (AvgIpc) is 3.08. The van der Waals surface area contributed by atoms with Gasteiger partial charge in [0.15, 0.2) is 17.3 Å². The molecule has 0 amide bonds. The van der Waals surface area contributed by atoms with E-state index in [1.54, 1.807) is 26.6 Å². The minimum absolute atomic E-state index is 0.0742. The van der Waals surface area contributed by atoms with Gasteiger partial charge >= 0.3 is 0 Å². The van der Waals surface area contributed by atoms with E-state index in [1.807, 2.05) is 30.3 Å². The summed E-state index contributed by atoms with van der Waals surface area (Å²) >= 11 is 0. The first-order chi connectivity index (χ1) is 11.2. The summed E-state index contributed by atoms with van der Waals surface area (Å²) in [5.41, 5.74) is 1.72. The van der Waals surface area contributed by atoms with Crippen molar-refractivity contribution in [2.24, 2.45) is 0 Å². The van der Waals surface area contributed by atoms with Crippen LogP contribution in [0.5, 0.6) is 11.5 Å². The van der Waals surface area contributed by atoms with E-state index in [0.29, 0.717) is 17.9 Å². The van der Waals surface area contributed by atoms with Crippen LogP contribution < -0.4 is 14.8 Å². The fraction of sp³-hybridized carbons (Fsp3) is 0.278. The molecule has 2 aromatic rings. The van der Waals surface area contributed by atoms with E-state index in [0.717, 1.165) is 23.6 Å². The maximum absolute atomic E-state index is 12.0. The molecule has 0 aliphatic heterocycles. The average molecular weight is 313 g/mol. The number of carbonyl (C=O) groups is 1. The van der Waals surface area contributed by atoms with Gasteiger partial charge in [-0.25, -0.2) is 0 Å². The highest BCUT2D eigenvalue weighted by Crippen LogP contribution is 2.34. The summed E-state index contributed by atoms with van der Waals surface area (Å²) in [5, 5.41) is 3.29. The Morgan fingerprint density at radius 3 is 2.65 bits per heavy atom. The molecule has 1 aliphatic rings. The van der Waals surface area contributed by atoms with E-state index in [1.165, 1.54) is 0 Å². The number of furan rings is 1. The van der Waals surface area contributed by atoms with Gasteiger partial charge in [0, 0.05) is 35.9 Å². The van der Waals surface area contributed by atoms with Gasteiger partial charge in [0.1, 0.15) is 5.76 Å². The monoisotopic (exact) mass is 313 g/mol. The van der Waals surface area contributed by atoms with Gasteiger partial charge in [-0.2, -0.15) is 0 Å². The van der Waals surface area contributed by atoms with E-state index < -0.39 is 0 Å². The number of benzene rings is 1. The molecule has 1 aromatic carbocycles. The number of carbonyl (C=O) groups excluding carboxylic acids is 1. The van der Waals surface area contributed by atoms with Crippen molar-refractivity contribution in [2.45, 2.75) is 18.8 Å². The molecule has 0 spiro atoms. The Balaban J connectivity index is 1.78. The highest BCUT2D eigenvalue weighted by molar-refractivity contribution is 5.92. The minimum atomic E-state index is 0.0742. The van der Waals surface area contributed by atoms with Gasteiger partial charge < -0.3 is 19.2 Å². The van der Waals surface area contributed by atoms with E-state index >= 15 is 0 Å². The summed E-state index contributed by atoms with van der Waals surface area (Å²) in [6.45, 7) is 0. The van der Waals surface area contributed by atoms with Crippen LogP contribution in [0.3, 0.4) is 0 Å². The summed E-state index contributed by atoms with van der Waals surface area (Å²) in [4.78, 5) is 12.0. The molecule has 0 unspecified atom stereocenters. The summed E-state index contributed by atoms with van der Waals surface area (Å²) in [6.07, 6.45) is 4.51. The maximum atomic E-state index is 12.0. The van der Waals surface area contributed by atoms with Crippen LogP contribution in [0.15, 0.2) is 52.8 Å². The number of methoxy groups -OCH3 is 2. The summed E-state index contributed by atoms with van der Waals surface area (Å²) in [6, 6.07) is 9.33. The topological polar surface area (TPSA) is 60.7 Å². The number of anilines is 1. The minimum Gasteiger partial charge on any atom is -0.493 e. The Hall–Kier alpha value is -2.69. The van der Waals surface area contributed by atoms with Gasteiger partial charge in [0.05, 0.1) is 20.5 Å². The molecule has 5 heteroatoms. The Bertz CT molecular complexity index is 719. The number of allylic oxidation sites excluding steroid dienone is 2. The van der Waals surface area contributed by atoms with Crippen molar-refractivity contribution in [1.29, 1.82) is 0 Å². The van der Waals surface area contributed by atoms with Gasteiger partial charge in [-0.3, -0.25) is 4.79 Å². The molecule has 1 aliphatic carbocycles. The number of ether oxygens (including phenoxy) is 2. The fourth-order valence-corrected chi connectivity index (χ4v) is 2.80. The van der Waals surface area contributed by atoms with Gasteiger partial charge in [0.25, 0.3) is 0 Å². The van der Waals surface area contributed by atoms with Gasteiger partial charge in [-0.15, -0.1) is 0 Å². The maximum Gasteiger partial charge on any atom is 0.162 e. The van der Waals surface area contributed by atoms with Crippen LogP contribution in [0.25, 0.3) is 0 Å². The normalized spacial score (nSPS) is 17.6. The van der Waals surface area contributed by atoms with Crippen LogP contribution >= 0.6 is 0 Å². The number of ketones is 1. The van der Waals surface area contributed by atoms with Crippen molar-refractivity contribution >= 4 is 11.5 Å². The summed E-state index contributed by atoms with van der Waals surface area (Å²) in [5.74, 6) is 2.33. The Morgan fingerprint density at radius 1 is 1.13 bits per heavy atom. The highest BCUT2D eigenvalue weighted by atomic mass is 16.5. The third kappa shape index (κ3) is 3.39. The van der Waals surface area contributed by atoms with Gasteiger partial charge in [-0.1, -0.05) is 0 Å². The third-order valence-corrected chi connectivity index (χ3v) is 3.88. The second kappa shape index (κ2) is 6.60. The fourth-order valence-electron chi connectivity index (χ4n) is 2.80. The first-order valence-corrected chi connectivity index (χ1v) is 7.45. The zero-order chi connectivity index (χ0) is 16.2.